The van der Waals surface area contributed by atoms with Gasteiger partial charge in [-0.25, -0.2) is 18.4 Å². The summed E-state index contributed by atoms with van der Waals surface area (Å²) in [6.45, 7) is 0. The van der Waals surface area contributed by atoms with Gasteiger partial charge in [-0.3, -0.25) is 0 Å². The third-order valence-corrected chi connectivity index (χ3v) is 4.58. The van der Waals surface area contributed by atoms with Crippen molar-refractivity contribution in [2.75, 3.05) is 10.6 Å². The van der Waals surface area contributed by atoms with Gasteiger partial charge in [-0.15, -0.1) is 0 Å². The number of nitrogens with zero attached hydrogens (tertiary/aromatic N) is 7. The van der Waals surface area contributed by atoms with Gasteiger partial charge in [0, 0.05) is 37.0 Å². The number of nitrogens with one attached hydrogen (secondary N) is 2. The topological polar surface area (TPSA) is 117 Å². The zero-order valence-corrected chi connectivity index (χ0v) is 16.1. The molecule has 3 aromatic heterocycles. The molecule has 0 spiro atoms. The maximum Gasteiger partial charge on any atom is 0.435 e. The standard InChI is InChI=1S/C18H14F5N9/c19-17(20)4-1-11(8-17)27-15-28-14(26-10-2-5-25-12(7-10)9-24)29-16(30-15)32-6-3-13(31-32)18(21,22)23/h2-3,5-7,11H,1,4,8H2,(H2,25,26,27,28,29,30)/t11-/m0/s1. The predicted molar refractivity (Wildman–Crippen MR) is 100 cm³/mol. The van der Waals surface area contributed by atoms with E-state index in [0.29, 0.717) is 5.69 Å². The Bertz CT molecular complexity index is 1170. The van der Waals surface area contributed by atoms with Crippen LogP contribution >= 0.6 is 0 Å². The molecule has 1 saturated carbocycles. The minimum absolute atomic E-state index is 0.0959. The monoisotopic (exact) mass is 451 g/mol. The molecule has 3 heterocycles. The normalized spacial score (nSPS) is 17.7. The highest BCUT2D eigenvalue weighted by Crippen LogP contribution is 2.36. The van der Waals surface area contributed by atoms with Crippen molar-refractivity contribution < 1.29 is 22.0 Å². The van der Waals surface area contributed by atoms with Crippen LogP contribution in [0.1, 0.15) is 30.7 Å². The third-order valence-electron chi connectivity index (χ3n) is 4.58. The van der Waals surface area contributed by atoms with Crippen LogP contribution in [0.5, 0.6) is 0 Å². The van der Waals surface area contributed by atoms with Crippen molar-refractivity contribution in [3.8, 4) is 12.0 Å². The molecule has 3 aromatic rings. The smallest absolute Gasteiger partial charge is 0.351 e. The van der Waals surface area contributed by atoms with Crippen LogP contribution in [-0.2, 0) is 6.18 Å². The van der Waals surface area contributed by atoms with Crippen molar-refractivity contribution in [3.05, 3.63) is 42.0 Å². The molecule has 32 heavy (non-hydrogen) atoms. The van der Waals surface area contributed by atoms with Crippen LogP contribution in [0.4, 0.5) is 39.5 Å². The summed E-state index contributed by atoms with van der Waals surface area (Å²) in [5.41, 5.74) is -0.661. The molecule has 0 amide bonds. The Labute approximate surface area is 177 Å². The molecule has 0 aromatic carbocycles. The maximum absolute atomic E-state index is 13.5. The number of nitriles is 1. The Morgan fingerprint density at radius 3 is 2.59 bits per heavy atom. The van der Waals surface area contributed by atoms with Crippen molar-refractivity contribution in [3.63, 3.8) is 0 Å². The molecule has 0 aliphatic heterocycles. The quantitative estimate of drug-likeness (QED) is 0.564. The maximum atomic E-state index is 13.5. The number of halogens is 5. The van der Waals surface area contributed by atoms with Crippen LogP contribution in [0.25, 0.3) is 5.95 Å². The molecule has 0 unspecified atom stereocenters. The third kappa shape index (κ3) is 4.88. The van der Waals surface area contributed by atoms with E-state index in [0.717, 1.165) is 16.9 Å². The highest BCUT2D eigenvalue weighted by atomic mass is 19.4. The van der Waals surface area contributed by atoms with Crippen molar-refractivity contribution >= 4 is 17.6 Å². The summed E-state index contributed by atoms with van der Waals surface area (Å²) in [7, 11) is 0. The van der Waals surface area contributed by atoms with Crippen LogP contribution in [0.2, 0.25) is 0 Å². The number of alkyl halides is 5. The first-order chi connectivity index (χ1) is 15.1. The lowest BCUT2D eigenvalue weighted by atomic mass is 10.2. The van der Waals surface area contributed by atoms with E-state index in [-0.39, 0.29) is 36.4 Å². The van der Waals surface area contributed by atoms with Crippen LogP contribution in [-0.4, -0.2) is 41.7 Å². The molecule has 4 rings (SSSR count). The fourth-order valence-corrected chi connectivity index (χ4v) is 3.13. The van der Waals surface area contributed by atoms with E-state index in [4.69, 9.17) is 5.26 Å². The lowest BCUT2D eigenvalue weighted by Gasteiger charge is -2.14. The Morgan fingerprint density at radius 2 is 1.94 bits per heavy atom. The zero-order valence-electron chi connectivity index (χ0n) is 16.1. The molecule has 0 radical (unpaired) electrons. The van der Waals surface area contributed by atoms with Crippen LogP contribution in [0, 0.1) is 11.3 Å². The number of rotatable bonds is 5. The van der Waals surface area contributed by atoms with E-state index in [2.05, 4.69) is 35.7 Å². The van der Waals surface area contributed by atoms with E-state index < -0.39 is 30.3 Å². The summed E-state index contributed by atoms with van der Waals surface area (Å²) in [5, 5.41) is 18.0. The number of hydrogen-bond donors (Lipinski definition) is 2. The molecule has 14 heteroatoms. The summed E-state index contributed by atoms with van der Waals surface area (Å²) < 4.78 is 66.6. The minimum atomic E-state index is -4.67. The average Bonchev–Trinajstić information content (AvgIpc) is 3.35. The van der Waals surface area contributed by atoms with Gasteiger partial charge in [-0.2, -0.15) is 38.5 Å². The van der Waals surface area contributed by atoms with Gasteiger partial charge in [0.15, 0.2) is 5.69 Å². The zero-order chi connectivity index (χ0) is 22.9. The summed E-state index contributed by atoms with van der Waals surface area (Å²) in [5.74, 6) is -3.29. The van der Waals surface area contributed by atoms with Crippen LogP contribution < -0.4 is 10.6 Å². The van der Waals surface area contributed by atoms with Crippen molar-refractivity contribution in [1.82, 2.24) is 29.7 Å². The molecule has 1 fully saturated rings. The number of pyridine rings is 1. The first-order valence-corrected chi connectivity index (χ1v) is 9.28. The van der Waals surface area contributed by atoms with E-state index in [1.807, 2.05) is 6.07 Å². The van der Waals surface area contributed by atoms with Gasteiger partial charge in [-0.1, -0.05) is 0 Å². The largest absolute Gasteiger partial charge is 0.435 e. The van der Waals surface area contributed by atoms with E-state index in [1.54, 1.807) is 0 Å². The van der Waals surface area contributed by atoms with Gasteiger partial charge in [0.05, 0.1) is 0 Å². The molecular weight excluding hydrogens is 437 g/mol. The number of anilines is 3. The van der Waals surface area contributed by atoms with E-state index >= 15 is 0 Å². The second-order valence-electron chi connectivity index (χ2n) is 7.03. The van der Waals surface area contributed by atoms with Crippen LogP contribution in [0.15, 0.2) is 30.6 Å². The Hall–Kier alpha value is -3.89. The van der Waals surface area contributed by atoms with Gasteiger partial charge >= 0.3 is 6.18 Å². The molecule has 9 nitrogen and oxygen atoms in total. The minimum Gasteiger partial charge on any atom is -0.351 e. The van der Waals surface area contributed by atoms with Gasteiger partial charge in [0.25, 0.3) is 5.95 Å². The van der Waals surface area contributed by atoms with E-state index in [1.165, 1.54) is 18.3 Å². The average molecular weight is 451 g/mol. The SMILES string of the molecule is N#Cc1cc(Nc2nc(N[C@H]3CCC(F)(F)C3)nc(-n3ccc(C(F)(F)F)n3)n2)ccn1. The van der Waals surface area contributed by atoms with Gasteiger partial charge in [-0.05, 0) is 24.6 Å². The summed E-state index contributed by atoms with van der Waals surface area (Å²) >= 11 is 0. The molecule has 2 N–H and O–H groups in total. The fraction of sp³-hybridized carbons (Fsp3) is 0.333. The molecule has 1 atom stereocenters. The molecular formula is C18H14F5N9. The second kappa shape index (κ2) is 7.98. The summed E-state index contributed by atoms with van der Waals surface area (Å²) in [6, 6.07) is 4.92. The number of hydrogen-bond acceptors (Lipinski definition) is 8. The highest BCUT2D eigenvalue weighted by molar-refractivity contribution is 5.55. The van der Waals surface area contributed by atoms with Gasteiger partial charge in [0.1, 0.15) is 11.8 Å². The lowest BCUT2D eigenvalue weighted by Crippen LogP contribution is -2.21. The number of aromatic nitrogens is 6. The van der Waals surface area contributed by atoms with Gasteiger partial charge < -0.3 is 10.6 Å². The Balaban J connectivity index is 1.67. The summed E-state index contributed by atoms with van der Waals surface area (Å²) in [6.07, 6.45) is -2.82. The second-order valence-corrected chi connectivity index (χ2v) is 7.03. The van der Waals surface area contributed by atoms with Crippen molar-refractivity contribution in [1.29, 1.82) is 5.26 Å². The molecule has 0 saturated heterocycles. The first kappa shape index (κ1) is 21.3. The fourth-order valence-electron chi connectivity index (χ4n) is 3.13. The molecule has 1 aliphatic rings. The Kier molecular flexibility index (Phi) is 5.33. The van der Waals surface area contributed by atoms with Crippen LogP contribution in [0.3, 0.4) is 0 Å². The van der Waals surface area contributed by atoms with Gasteiger partial charge in [0.2, 0.25) is 17.8 Å². The molecule has 1 aliphatic carbocycles. The Morgan fingerprint density at radius 1 is 1.16 bits per heavy atom. The highest BCUT2D eigenvalue weighted by Gasteiger charge is 2.40. The van der Waals surface area contributed by atoms with E-state index in [9.17, 15) is 22.0 Å². The van der Waals surface area contributed by atoms with Crippen molar-refractivity contribution in [2.24, 2.45) is 0 Å². The predicted octanol–water partition coefficient (Wildman–Crippen LogP) is 3.69. The first-order valence-electron chi connectivity index (χ1n) is 9.28. The molecule has 166 valence electrons. The van der Waals surface area contributed by atoms with Crippen molar-refractivity contribution in [2.45, 2.75) is 37.4 Å². The molecule has 0 bridgehead atoms. The lowest BCUT2D eigenvalue weighted by molar-refractivity contribution is -0.141. The summed E-state index contributed by atoms with van der Waals surface area (Å²) in [4.78, 5) is 16.0.